The molecule has 1 aromatic rings. The van der Waals surface area contributed by atoms with E-state index >= 15 is 0 Å². The van der Waals surface area contributed by atoms with Gasteiger partial charge in [0.2, 0.25) is 5.91 Å². The lowest BCUT2D eigenvalue weighted by Crippen LogP contribution is -2.34. The maximum Gasteiger partial charge on any atom is 0.234 e. The number of hydrogen-bond acceptors (Lipinski definition) is 2. The largest absolute Gasteiger partial charge is 0.352 e. The summed E-state index contributed by atoms with van der Waals surface area (Å²) in [5.41, 5.74) is 2.74. The Morgan fingerprint density at radius 3 is 2.37 bits per heavy atom. The summed E-state index contributed by atoms with van der Waals surface area (Å²) in [4.78, 5) is 11.5. The highest BCUT2D eigenvalue weighted by Gasteiger charge is 2.22. The quantitative estimate of drug-likeness (QED) is 0.853. The molecule has 1 aromatic carbocycles. The molecule has 1 saturated carbocycles. The van der Waals surface area contributed by atoms with Crippen LogP contribution in [-0.2, 0) is 16.8 Å². The number of carbonyl (C=O) groups is 1. The fraction of sp³-hybridized carbons (Fsp3) is 0.562. The molecule has 0 saturated heterocycles. The van der Waals surface area contributed by atoms with E-state index < -0.39 is 0 Å². The lowest BCUT2D eigenvalue weighted by atomic mass is 9.87. The van der Waals surface area contributed by atoms with Gasteiger partial charge >= 0.3 is 0 Å². The summed E-state index contributed by atoms with van der Waals surface area (Å²) < 4.78 is 0. The van der Waals surface area contributed by atoms with E-state index in [9.17, 15) is 4.79 Å². The van der Waals surface area contributed by atoms with Crippen LogP contribution in [0.15, 0.2) is 24.3 Å². The Kier molecular flexibility index (Phi) is 4.25. The van der Waals surface area contributed by atoms with Crippen LogP contribution in [0, 0.1) is 0 Å². The van der Waals surface area contributed by atoms with Gasteiger partial charge in [-0.1, -0.05) is 45.0 Å². The standard InChI is InChI=1S/C16H24N2O/c1-16(2,3)13-6-4-12(5-7-13)10-17-11-15(19)18-14-8-9-14/h4-7,14,17H,8-11H2,1-3H3,(H,18,19). The Bertz CT molecular complexity index is 427. The number of nitrogens with one attached hydrogen (secondary N) is 2. The highest BCUT2D eigenvalue weighted by Crippen LogP contribution is 2.22. The molecule has 2 N–H and O–H groups in total. The monoisotopic (exact) mass is 260 g/mol. The van der Waals surface area contributed by atoms with Crippen molar-refractivity contribution in [3.63, 3.8) is 0 Å². The summed E-state index contributed by atoms with van der Waals surface area (Å²) in [5, 5.41) is 6.15. The van der Waals surface area contributed by atoms with Gasteiger partial charge in [0.05, 0.1) is 6.54 Å². The normalized spacial score (nSPS) is 15.3. The van der Waals surface area contributed by atoms with Crippen LogP contribution in [-0.4, -0.2) is 18.5 Å². The summed E-state index contributed by atoms with van der Waals surface area (Å²) in [6.07, 6.45) is 2.28. The predicted octanol–water partition coefficient (Wildman–Crippen LogP) is 2.35. The first kappa shape index (κ1) is 14.1. The molecule has 0 unspecified atom stereocenters. The van der Waals surface area contributed by atoms with E-state index in [4.69, 9.17) is 0 Å². The molecule has 1 fully saturated rings. The SMILES string of the molecule is CC(C)(C)c1ccc(CNCC(=O)NC2CC2)cc1. The van der Waals surface area contributed by atoms with Crippen LogP contribution in [0.1, 0.15) is 44.7 Å². The third-order valence-electron chi connectivity index (χ3n) is 3.38. The van der Waals surface area contributed by atoms with Crippen molar-refractivity contribution in [1.29, 1.82) is 0 Å². The van der Waals surface area contributed by atoms with Crippen LogP contribution in [0.2, 0.25) is 0 Å². The van der Waals surface area contributed by atoms with Crippen molar-refractivity contribution in [2.24, 2.45) is 0 Å². The Hall–Kier alpha value is -1.35. The van der Waals surface area contributed by atoms with Gasteiger partial charge in [-0.2, -0.15) is 0 Å². The second kappa shape index (κ2) is 5.74. The number of carbonyl (C=O) groups excluding carboxylic acids is 1. The topological polar surface area (TPSA) is 41.1 Å². The molecule has 0 heterocycles. The molecule has 0 radical (unpaired) electrons. The van der Waals surface area contributed by atoms with Gasteiger partial charge in [-0.15, -0.1) is 0 Å². The number of rotatable bonds is 5. The minimum absolute atomic E-state index is 0.105. The van der Waals surface area contributed by atoms with Crippen LogP contribution in [0.3, 0.4) is 0 Å². The Morgan fingerprint density at radius 1 is 1.21 bits per heavy atom. The van der Waals surface area contributed by atoms with Crippen molar-refractivity contribution in [2.75, 3.05) is 6.54 Å². The Labute approximate surface area is 115 Å². The molecular formula is C16H24N2O. The maximum atomic E-state index is 11.5. The van der Waals surface area contributed by atoms with Gasteiger partial charge in [0.1, 0.15) is 0 Å². The molecule has 1 aliphatic rings. The Balaban J connectivity index is 1.74. The molecule has 1 amide bonds. The summed E-state index contributed by atoms with van der Waals surface area (Å²) >= 11 is 0. The van der Waals surface area contributed by atoms with Crippen molar-refractivity contribution < 1.29 is 4.79 Å². The smallest absolute Gasteiger partial charge is 0.234 e. The molecule has 0 aliphatic heterocycles. The first-order chi connectivity index (χ1) is 8.95. The van der Waals surface area contributed by atoms with E-state index in [-0.39, 0.29) is 11.3 Å². The predicted molar refractivity (Wildman–Crippen MR) is 78.0 cm³/mol. The third kappa shape index (κ3) is 4.67. The van der Waals surface area contributed by atoms with Crippen molar-refractivity contribution in [3.05, 3.63) is 35.4 Å². The van der Waals surface area contributed by atoms with Gasteiger partial charge < -0.3 is 10.6 Å². The molecule has 0 atom stereocenters. The fourth-order valence-electron chi connectivity index (χ4n) is 1.95. The molecule has 0 bridgehead atoms. The first-order valence-electron chi connectivity index (χ1n) is 7.04. The van der Waals surface area contributed by atoms with Gasteiger partial charge in [-0.05, 0) is 29.4 Å². The molecule has 1 aliphatic carbocycles. The van der Waals surface area contributed by atoms with Crippen LogP contribution in [0.5, 0.6) is 0 Å². The summed E-state index contributed by atoms with van der Waals surface area (Å²) in [7, 11) is 0. The van der Waals surface area contributed by atoms with Crippen LogP contribution >= 0.6 is 0 Å². The van der Waals surface area contributed by atoms with E-state index in [2.05, 4.69) is 55.7 Å². The van der Waals surface area contributed by atoms with Crippen molar-refractivity contribution in [1.82, 2.24) is 10.6 Å². The molecule has 0 aromatic heterocycles. The second-order valence-corrected chi connectivity index (χ2v) is 6.39. The molecule has 104 valence electrons. The van der Waals surface area contributed by atoms with Crippen molar-refractivity contribution >= 4 is 5.91 Å². The molecular weight excluding hydrogens is 236 g/mol. The van der Waals surface area contributed by atoms with Crippen LogP contribution in [0.4, 0.5) is 0 Å². The summed E-state index contributed by atoms with van der Waals surface area (Å²) in [6, 6.07) is 9.04. The van der Waals surface area contributed by atoms with E-state index in [1.807, 2.05) is 0 Å². The van der Waals surface area contributed by atoms with Crippen LogP contribution in [0.25, 0.3) is 0 Å². The zero-order valence-corrected chi connectivity index (χ0v) is 12.1. The summed E-state index contributed by atoms with van der Waals surface area (Å²) in [5.74, 6) is 0.105. The fourth-order valence-corrected chi connectivity index (χ4v) is 1.95. The zero-order valence-electron chi connectivity index (χ0n) is 12.1. The average molecular weight is 260 g/mol. The summed E-state index contributed by atoms with van der Waals surface area (Å²) in [6.45, 7) is 7.77. The van der Waals surface area contributed by atoms with Crippen molar-refractivity contribution in [2.45, 2.75) is 51.6 Å². The average Bonchev–Trinajstić information content (AvgIpc) is 3.12. The number of amides is 1. The van der Waals surface area contributed by atoms with Gasteiger partial charge in [-0.3, -0.25) is 4.79 Å². The minimum atomic E-state index is 0.105. The van der Waals surface area contributed by atoms with E-state index in [0.717, 1.165) is 19.4 Å². The lowest BCUT2D eigenvalue weighted by Gasteiger charge is -2.19. The zero-order chi connectivity index (χ0) is 13.9. The maximum absolute atomic E-state index is 11.5. The molecule has 3 heteroatoms. The number of hydrogen-bond donors (Lipinski definition) is 2. The molecule has 19 heavy (non-hydrogen) atoms. The number of benzene rings is 1. The second-order valence-electron chi connectivity index (χ2n) is 6.39. The molecule has 3 nitrogen and oxygen atoms in total. The molecule has 2 rings (SSSR count). The van der Waals surface area contributed by atoms with E-state index in [0.29, 0.717) is 12.6 Å². The van der Waals surface area contributed by atoms with E-state index in [1.54, 1.807) is 0 Å². The van der Waals surface area contributed by atoms with Gasteiger partial charge in [0.15, 0.2) is 0 Å². The lowest BCUT2D eigenvalue weighted by molar-refractivity contribution is -0.120. The first-order valence-corrected chi connectivity index (χ1v) is 7.04. The van der Waals surface area contributed by atoms with Crippen molar-refractivity contribution in [3.8, 4) is 0 Å². The van der Waals surface area contributed by atoms with Gasteiger partial charge in [0.25, 0.3) is 0 Å². The minimum Gasteiger partial charge on any atom is -0.352 e. The highest BCUT2D eigenvalue weighted by molar-refractivity contribution is 5.78. The van der Waals surface area contributed by atoms with E-state index in [1.165, 1.54) is 11.1 Å². The van der Waals surface area contributed by atoms with Crippen LogP contribution < -0.4 is 10.6 Å². The van der Waals surface area contributed by atoms with Gasteiger partial charge in [-0.25, -0.2) is 0 Å². The molecule has 0 spiro atoms. The highest BCUT2D eigenvalue weighted by atomic mass is 16.2. The Morgan fingerprint density at radius 2 is 1.84 bits per heavy atom. The third-order valence-corrected chi connectivity index (χ3v) is 3.38. The van der Waals surface area contributed by atoms with Gasteiger partial charge in [0, 0.05) is 12.6 Å².